The van der Waals surface area contributed by atoms with Crippen LogP contribution in [0, 0.1) is 0 Å². The van der Waals surface area contributed by atoms with Gasteiger partial charge in [-0.3, -0.25) is 4.79 Å². The third-order valence-electron chi connectivity index (χ3n) is 4.52. The van der Waals surface area contributed by atoms with E-state index in [1.54, 1.807) is 30.3 Å². The zero-order chi connectivity index (χ0) is 20.0. The van der Waals surface area contributed by atoms with E-state index in [0.717, 1.165) is 18.4 Å². The van der Waals surface area contributed by atoms with E-state index >= 15 is 0 Å². The van der Waals surface area contributed by atoms with Crippen LogP contribution in [0.4, 0.5) is 5.69 Å². The zero-order valence-electron chi connectivity index (χ0n) is 15.6. The summed E-state index contributed by atoms with van der Waals surface area (Å²) in [7, 11) is -3.52. The largest absolute Gasteiger partial charge is 0.483 e. The first-order valence-corrected chi connectivity index (χ1v) is 10.7. The van der Waals surface area contributed by atoms with Crippen molar-refractivity contribution in [1.82, 2.24) is 4.31 Å². The van der Waals surface area contributed by atoms with Crippen molar-refractivity contribution in [3.05, 3.63) is 66.7 Å². The Morgan fingerprint density at radius 1 is 1.14 bits per heavy atom. The predicted octanol–water partition coefficient (Wildman–Crippen LogP) is 3.22. The molecular weight excluding hydrogens is 376 g/mol. The van der Waals surface area contributed by atoms with Gasteiger partial charge in [-0.25, -0.2) is 8.42 Å². The number of rotatable bonds is 8. The highest BCUT2D eigenvalue weighted by molar-refractivity contribution is 7.89. The number of hydrogen-bond acceptors (Lipinski definition) is 4. The minimum atomic E-state index is -3.52. The van der Waals surface area contributed by atoms with E-state index in [2.05, 4.69) is 11.9 Å². The van der Waals surface area contributed by atoms with Crippen LogP contribution in [0.2, 0.25) is 0 Å². The van der Waals surface area contributed by atoms with Gasteiger partial charge >= 0.3 is 0 Å². The molecule has 2 aromatic carbocycles. The number of allylic oxidation sites excluding steroid dienone is 1. The van der Waals surface area contributed by atoms with E-state index in [1.165, 1.54) is 10.4 Å². The minimum Gasteiger partial charge on any atom is -0.483 e. The van der Waals surface area contributed by atoms with Crippen LogP contribution in [-0.2, 0) is 21.2 Å². The Hall–Kier alpha value is -2.64. The van der Waals surface area contributed by atoms with Gasteiger partial charge in [0, 0.05) is 18.8 Å². The maximum atomic E-state index is 12.7. The quantitative estimate of drug-likeness (QED) is 0.691. The van der Waals surface area contributed by atoms with Crippen molar-refractivity contribution in [1.29, 1.82) is 0 Å². The number of hydrogen-bond donors (Lipinski definition) is 1. The lowest BCUT2D eigenvalue weighted by Crippen LogP contribution is -2.28. The number of ether oxygens (including phenoxy) is 1. The summed E-state index contributed by atoms with van der Waals surface area (Å²) in [6, 6.07) is 13.8. The minimum absolute atomic E-state index is 0.169. The number of nitrogens with one attached hydrogen (secondary N) is 1. The molecule has 0 spiro atoms. The summed E-state index contributed by atoms with van der Waals surface area (Å²) >= 11 is 0. The Morgan fingerprint density at radius 2 is 1.89 bits per heavy atom. The lowest BCUT2D eigenvalue weighted by atomic mass is 10.1. The lowest BCUT2D eigenvalue weighted by Gasteiger charge is -2.16. The zero-order valence-corrected chi connectivity index (χ0v) is 16.5. The topological polar surface area (TPSA) is 75.7 Å². The van der Waals surface area contributed by atoms with Gasteiger partial charge in [0.15, 0.2) is 6.61 Å². The molecule has 1 aliphatic heterocycles. The Balaban J connectivity index is 1.64. The van der Waals surface area contributed by atoms with E-state index in [1.807, 2.05) is 18.2 Å². The fourth-order valence-electron chi connectivity index (χ4n) is 3.12. The van der Waals surface area contributed by atoms with Crippen LogP contribution in [0.5, 0.6) is 5.75 Å². The van der Waals surface area contributed by atoms with E-state index < -0.39 is 10.0 Å². The molecule has 7 heteroatoms. The van der Waals surface area contributed by atoms with Crippen LogP contribution in [0.3, 0.4) is 0 Å². The number of carbonyl (C=O) groups excluding carboxylic acids is 1. The van der Waals surface area contributed by atoms with Crippen LogP contribution in [0.1, 0.15) is 18.4 Å². The monoisotopic (exact) mass is 400 g/mol. The van der Waals surface area contributed by atoms with Crippen molar-refractivity contribution in [2.24, 2.45) is 0 Å². The van der Waals surface area contributed by atoms with Crippen molar-refractivity contribution < 1.29 is 17.9 Å². The van der Waals surface area contributed by atoms with Crippen molar-refractivity contribution in [3.63, 3.8) is 0 Å². The van der Waals surface area contributed by atoms with Gasteiger partial charge in [0.1, 0.15) is 5.75 Å². The van der Waals surface area contributed by atoms with E-state index in [-0.39, 0.29) is 17.4 Å². The van der Waals surface area contributed by atoms with Crippen molar-refractivity contribution in [2.75, 3.05) is 25.0 Å². The van der Waals surface area contributed by atoms with Gasteiger partial charge in [-0.15, -0.1) is 6.58 Å². The molecule has 0 atom stereocenters. The second-order valence-electron chi connectivity index (χ2n) is 6.58. The normalized spacial score (nSPS) is 14.6. The summed E-state index contributed by atoms with van der Waals surface area (Å²) in [5.41, 5.74) is 1.37. The third-order valence-corrected chi connectivity index (χ3v) is 6.41. The smallest absolute Gasteiger partial charge is 0.262 e. The number of carbonyl (C=O) groups is 1. The second-order valence-corrected chi connectivity index (χ2v) is 8.51. The molecule has 6 nitrogen and oxygen atoms in total. The molecule has 0 aliphatic carbocycles. The molecule has 2 aromatic rings. The first-order chi connectivity index (χ1) is 13.5. The number of sulfonamides is 1. The first-order valence-electron chi connectivity index (χ1n) is 9.22. The molecular formula is C21H24N2O4S. The summed E-state index contributed by atoms with van der Waals surface area (Å²) in [5, 5.41) is 2.70. The average molecular weight is 401 g/mol. The van der Waals surface area contributed by atoms with Crippen LogP contribution in [0.25, 0.3) is 0 Å². The third kappa shape index (κ3) is 4.79. The first kappa shape index (κ1) is 20.1. The molecule has 1 heterocycles. The number of benzene rings is 2. The van der Waals surface area contributed by atoms with Crippen LogP contribution >= 0.6 is 0 Å². The number of amides is 1. The molecule has 1 fully saturated rings. The summed E-state index contributed by atoms with van der Waals surface area (Å²) in [6.07, 6.45) is 4.17. The van der Waals surface area contributed by atoms with Gasteiger partial charge in [0.05, 0.1) is 4.90 Å². The predicted molar refractivity (Wildman–Crippen MR) is 109 cm³/mol. The number of anilines is 1. The average Bonchev–Trinajstić information content (AvgIpc) is 3.23. The highest BCUT2D eigenvalue weighted by Crippen LogP contribution is 2.23. The van der Waals surface area contributed by atoms with Crippen molar-refractivity contribution in [3.8, 4) is 5.75 Å². The fourth-order valence-corrected chi connectivity index (χ4v) is 4.68. The van der Waals surface area contributed by atoms with Crippen molar-refractivity contribution in [2.45, 2.75) is 24.2 Å². The molecule has 148 valence electrons. The molecule has 0 bridgehead atoms. The summed E-state index contributed by atoms with van der Waals surface area (Å²) in [6.45, 7) is 4.63. The van der Waals surface area contributed by atoms with E-state index in [4.69, 9.17) is 4.74 Å². The highest BCUT2D eigenvalue weighted by Gasteiger charge is 2.27. The maximum Gasteiger partial charge on any atom is 0.262 e. The van der Waals surface area contributed by atoms with Crippen LogP contribution < -0.4 is 10.1 Å². The molecule has 3 rings (SSSR count). The molecule has 28 heavy (non-hydrogen) atoms. The number of nitrogens with zero attached hydrogens (tertiary/aromatic N) is 1. The molecule has 1 saturated heterocycles. The fraction of sp³-hybridized carbons (Fsp3) is 0.286. The van der Waals surface area contributed by atoms with E-state index in [0.29, 0.717) is 30.9 Å². The highest BCUT2D eigenvalue weighted by atomic mass is 32.2. The van der Waals surface area contributed by atoms with Gasteiger partial charge < -0.3 is 10.1 Å². The van der Waals surface area contributed by atoms with Crippen LogP contribution in [0.15, 0.2) is 66.1 Å². The number of para-hydroxylation sites is 1. The summed E-state index contributed by atoms with van der Waals surface area (Å²) in [5.74, 6) is 0.270. The molecule has 1 N–H and O–H groups in total. The SMILES string of the molecule is C=CCc1ccccc1OCC(=O)Nc1cccc(S(=O)(=O)N2CCCC2)c1. The Bertz CT molecular complexity index is 950. The summed E-state index contributed by atoms with van der Waals surface area (Å²) in [4.78, 5) is 12.4. The van der Waals surface area contributed by atoms with Crippen LogP contribution in [-0.4, -0.2) is 38.3 Å². The Morgan fingerprint density at radius 3 is 2.64 bits per heavy atom. The van der Waals surface area contributed by atoms with Gasteiger partial charge in [0.25, 0.3) is 5.91 Å². The van der Waals surface area contributed by atoms with Crippen molar-refractivity contribution >= 4 is 21.6 Å². The molecule has 0 radical (unpaired) electrons. The van der Waals surface area contributed by atoms with Gasteiger partial charge in [0.2, 0.25) is 10.0 Å². The molecule has 0 aromatic heterocycles. The molecule has 1 amide bonds. The molecule has 1 aliphatic rings. The Kier molecular flexibility index (Phi) is 6.49. The second kappa shape index (κ2) is 9.03. The summed E-state index contributed by atoms with van der Waals surface area (Å²) < 4.78 is 32.4. The van der Waals surface area contributed by atoms with Gasteiger partial charge in [-0.2, -0.15) is 4.31 Å². The lowest BCUT2D eigenvalue weighted by molar-refractivity contribution is -0.118. The van der Waals surface area contributed by atoms with E-state index in [9.17, 15) is 13.2 Å². The molecule has 0 saturated carbocycles. The Labute approximate surface area is 165 Å². The van der Waals surface area contributed by atoms with Gasteiger partial charge in [-0.05, 0) is 49.1 Å². The molecule has 0 unspecified atom stereocenters. The standard InChI is InChI=1S/C21H24N2O4S/c1-2-8-17-9-3-4-12-20(17)27-16-21(24)22-18-10-7-11-19(15-18)28(25,26)23-13-5-6-14-23/h2-4,7,9-12,15H,1,5-6,8,13-14,16H2,(H,22,24). The van der Waals surface area contributed by atoms with Gasteiger partial charge in [-0.1, -0.05) is 30.3 Å². The maximum absolute atomic E-state index is 12.7.